The maximum atomic E-state index is 12.6. The number of halogens is 6. The molecular formula is C7H2ClF5. The molecule has 72 valence electrons. The molecule has 0 heterocycles. The second-order valence-electron chi connectivity index (χ2n) is 2.24. The maximum absolute atomic E-state index is 12.6. The average Bonchev–Trinajstić information content (AvgIpc) is 1.78. The van der Waals surface area contributed by atoms with Crippen LogP contribution in [0.3, 0.4) is 0 Å². The minimum Gasteiger partial charge on any atom is -0.206 e. The van der Waals surface area contributed by atoms with Gasteiger partial charge in [-0.05, 0) is 12.1 Å². The van der Waals surface area contributed by atoms with E-state index in [4.69, 9.17) is 11.6 Å². The molecule has 0 aliphatic carbocycles. The molecule has 0 amide bonds. The smallest absolute Gasteiger partial charge is 0.206 e. The fourth-order valence-electron chi connectivity index (χ4n) is 0.813. The summed E-state index contributed by atoms with van der Waals surface area (Å²) >= 11 is 5.12. The summed E-state index contributed by atoms with van der Waals surface area (Å²) < 4.78 is 60.9. The average molecular weight is 217 g/mol. The molecule has 0 spiro atoms. The molecule has 0 aliphatic heterocycles. The molecule has 0 fully saturated rings. The van der Waals surface area contributed by atoms with Gasteiger partial charge in [0.25, 0.3) is 0 Å². The van der Waals surface area contributed by atoms with Crippen molar-refractivity contribution < 1.29 is 22.0 Å². The van der Waals surface area contributed by atoms with Gasteiger partial charge in [-0.25, -0.2) is 8.78 Å². The second kappa shape index (κ2) is 3.14. The summed E-state index contributed by atoms with van der Waals surface area (Å²) in [4.78, 5) is 0. The number of hydrogen-bond donors (Lipinski definition) is 0. The molecule has 0 saturated heterocycles. The number of rotatable bonds is 0. The van der Waals surface area contributed by atoms with Crippen molar-refractivity contribution in [2.45, 2.75) is 6.18 Å². The Morgan fingerprint density at radius 1 is 1.00 bits per heavy atom. The first-order valence-electron chi connectivity index (χ1n) is 3.04. The van der Waals surface area contributed by atoms with Gasteiger partial charge in [-0.1, -0.05) is 11.6 Å². The lowest BCUT2D eigenvalue weighted by Crippen LogP contribution is -2.11. The van der Waals surface area contributed by atoms with Crippen LogP contribution in [0.15, 0.2) is 12.1 Å². The molecule has 0 bridgehead atoms. The van der Waals surface area contributed by atoms with Gasteiger partial charge in [0, 0.05) is 5.02 Å². The highest BCUT2D eigenvalue weighted by atomic mass is 35.5. The van der Waals surface area contributed by atoms with Gasteiger partial charge in [-0.2, -0.15) is 13.2 Å². The highest BCUT2D eigenvalue weighted by molar-refractivity contribution is 6.30. The molecule has 1 rings (SSSR count). The lowest BCUT2D eigenvalue weighted by atomic mass is 10.2. The van der Waals surface area contributed by atoms with Gasteiger partial charge in [-0.3, -0.25) is 0 Å². The molecular weight excluding hydrogens is 215 g/mol. The molecule has 0 N–H and O–H groups in total. The molecule has 1 aromatic carbocycles. The molecule has 0 saturated carbocycles. The quantitative estimate of drug-likeness (QED) is 0.581. The lowest BCUT2D eigenvalue weighted by molar-refractivity contribution is -0.142. The Morgan fingerprint density at radius 3 is 1.69 bits per heavy atom. The van der Waals surface area contributed by atoms with Crippen LogP contribution in [-0.4, -0.2) is 0 Å². The highest BCUT2D eigenvalue weighted by Crippen LogP contribution is 2.34. The van der Waals surface area contributed by atoms with E-state index < -0.39 is 28.4 Å². The Morgan fingerprint density at radius 2 is 1.38 bits per heavy atom. The molecule has 13 heavy (non-hydrogen) atoms. The van der Waals surface area contributed by atoms with Gasteiger partial charge in [0.1, 0.15) is 17.2 Å². The van der Waals surface area contributed by atoms with Crippen LogP contribution >= 0.6 is 11.6 Å². The summed E-state index contributed by atoms with van der Waals surface area (Å²) in [5.41, 5.74) is -1.92. The van der Waals surface area contributed by atoms with Gasteiger partial charge in [0.15, 0.2) is 0 Å². The van der Waals surface area contributed by atoms with E-state index in [1.54, 1.807) is 0 Å². The van der Waals surface area contributed by atoms with E-state index in [1.165, 1.54) is 0 Å². The van der Waals surface area contributed by atoms with Crippen molar-refractivity contribution >= 4 is 11.6 Å². The number of alkyl halides is 3. The monoisotopic (exact) mass is 216 g/mol. The third-order valence-electron chi connectivity index (χ3n) is 1.29. The largest absolute Gasteiger partial charge is 0.422 e. The summed E-state index contributed by atoms with van der Waals surface area (Å²) in [5, 5.41) is -0.414. The Bertz CT molecular complexity index is 307. The number of hydrogen-bond acceptors (Lipinski definition) is 0. The van der Waals surface area contributed by atoms with Crippen LogP contribution in [0, 0.1) is 11.6 Å². The van der Waals surface area contributed by atoms with Crippen LogP contribution < -0.4 is 0 Å². The van der Waals surface area contributed by atoms with Gasteiger partial charge in [0.2, 0.25) is 0 Å². The van der Waals surface area contributed by atoms with Gasteiger partial charge >= 0.3 is 6.18 Å². The van der Waals surface area contributed by atoms with Crippen LogP contribution in [0.1, 0.15) is 5.56 Å². The molecule has 6 heteroatoms. The summed E-state index contributed by atoms with van der Waals surface area (Å²) in [7, 11) is 0. The first-order chi connectivity index (χ1) is 5.82. The predicted octanol–water partition coefficient (Wildman–Crippen LogP) is 3.64. The Labute approximate surface area is 74.9 Å². The van der Waals surface area contributed by atoms with Crippen molar-refractivity contribution in [1.29, 1.82) is 0 Å². The normalized spacial score (nSPS) is 11.8. The molecule has 0 aromatic heterocycles. The van der Waals surface area contributed by atoms with Crippen molar-refractivity contribution in [1.82, 2.24) is 0 Å². The van der Waals surface area contributed by atoms with Crippen molar-refractivity contribution in [2.75, 3.05) is 0 Å². The van der Waals surface area contributed by atoms with Crippen molar-refractivity contribution in [3.63, 3.8) is 0 Å². The van der Waals surface area contributed by atoms with Crippen molar-refractivity contribution in [2.24, 2.45) is 0 Å². The maximum Gasteiger partial charge on any atom is 0.422 e. The Kier molecular flexibility index (Phi) is 2.47. The van der Waals surface area contributed by atoms with E-state index in [2.05, 4.69) is 0 Å². The topological polar surface area (TPSA) is 0 Å². The lowest BCUT2D eigenvalue weighted by Gasteiger charge is -2.08. The SMILES string of the molecule is Fc1cc(Cl)cc(F)c1C(F)(F)F. The van der Waals surface area contributed by atoms with E-state index >= 15 is 0 Å². The van der Waals surface area contributed by atoms with E-state index in [-0.39, 0.29) is 0 Å². The second-order valence-corrected chi connectivity index (χ2v) is 2.68. The zero-order valence-electron chi connectivity index (χ0n) is 5.92. The third-order valence-corrected chi connectivity index (χ3v) is 1.51. The van der Waals surface area contributed by atoms with Crippen LogP contribution in [-0.2, 0) is 6.18 Å². The third kappa shape index (κ3) is 2.09. The zero-order valence-corrected chi connectivity index (χ0v) is 6.68. The van der Waals surface area contributed by atoms with Crippen molar-refractivity contribution in [3.8, 4) is 0 Å². The summed E-state index contributed by atoms with van der Waals surface area (Å²) in [6, 6.07) is 0.820. The van der Waals surface area contributed by atoms with Crippen LogP contribution in [0.5, 0.6) is 0 Å². The van der Waals surface area contributed by atoms with Crippen LogP contribution in [0.4, 0.5) is 22.0 Å². The molecule has 0 atom stereocenters. The minimum atomic E-state index is -5.04. The standard InChI is InChI=1S/C7H2ClF5/c8-3-1-4(9)6(5(10)2-3)7(11,12)13/h1-2H. The predicted molar refractivity (Wildman–Crippen MR) is 36.4 cm³/mol. The highest BCUT2D eigenvalue weighted by Gasteiger charge is 2.37. The van der Waals surface area contributed by atoms with E-state index in [0.29, 0.717) is 12.1 Å². The number of benzene rings is 1. The molecule has 0 radical (unpaired) electrons. The van der Waals surface area contributed by atoms with Crippen molar-refractivity contribution in [3.05, 3.63) is 34.4 Å². The first-order valence-corrected chi connectivity index (χ1v) is 3.42. The zero-order chi connectivity index (χ0) is 10.2. The molecule has 1 aromatic rings. The minimum absolute atomic E-state index is 0.410. The van der Waals surface area contributed by atoms with E-state index in [9.17, 15) is 22.0 Å². The van der Waals surface area contributed by atoms with Crippen LogP contribution in [0.2, 0.25) is 5.02 Å². The fraction of sp³-hybridized carbons (Fsp3) is 0.143. The fourth-order valence-corrected chi connectivity index (χ4v) is 1.00. The Hall–Kier alpha value is -0.840. The van der Waals surface area contributed by atoms with Gasteiger partial charge in [0.05, 0.1) is 0 Å². The van der Waals surface area contributed by atoms with Gasteiger partial charge in [-0.15, -0.1) is 0 Å². The Balaban J connectivity index is 3.38. The molecule has 0 nitrogen and oxygen atoms in total. The van der Waals surface area contributed by atoms with Crippen LogP contribution in [0.25, 0.3) is 0 Å². The summed E-state index contributed by atoms with van der Waals surface area (Å²) in [5.74, 6) is -3.42. The summed E-state index contributed by atoms with van der Waals surface area (Å²) in [6.45, 7) is 0. The van der Waals surface area contributed by atoms with E-state index in [1.807, 2.05) is 0 Å². The van der Waals surface area contributed by atoms with Gasteiger partial charge < -0.3 is 0 Å². The molecule has 0 aliphatic rings. The summed E-state index contributed by atoms with van der Waals surface area (Å²) in [6.07, 6.45) is -5.04. The van der Waals surface area contributed by atoms with E-state index in [0.717, 1.165) is 0 Å². The molecule has 0 unspecified atom stereocenters. The first kappa shape index (κ1) is 10.2.